The van der Waals surface area contributed by atoms with Gasteiger partial charge in [-0.25, -0.2) is 10.8 Å². The van der Waals surface area contributed by atoms with Gasteiger partial charge in [-0.15, -0.1) is 11.3 Å². The van der Waals surface area contributed by atoms with E-state index in [1.54, 1.807) is 11.3 Å². The number of thiazole rings is 1. The van der Waals surface area contributed by atoms with Gasteiger partial charge in [-0.1, -0.05) is 0 Å². The molecule has 0 saturated carbocycles. The minimum Gasteiger partial charge on any atom is -0.301 e. The van der Waals surface area contributed by atoms with Crippen molar-refractivity contribution < 1.29 is 4.79 Å². The Labute approximate surface area is 106 Å². The predicted octanol–water partition coefficient (Wildman–Crippen LogP) is 1.04. The molecule has 0 atom stereocenters. The van der Waals surface area contributed by atoms with Gasteiger partial charge in [0.25, 0.3) is 0 Å². The van der Waals surface area contributed by atoms with Crippen molar-refractivity contribution in [3.63, 3.8) is 0 Å². The maximum atomic E-state index is 10.9. The molecule has 0 saturated heterocycles. The zero-order chi connectivity index (χ0) is 12.7. The van der Waals surface area contributed by atoms with E-state index in [0.717, 1.165) is 31.6 Å². The summed E-state index contributed by atoms with van der Waals surface area (Å²) in [6.45, 7) is 3.94. The number of aromatic nitrogens is 1. The number of unbranched alkanes of at least 4 members (excludes halogenated alkanes) is 1. The number of nitrogens with zero attached hydrogens (tertiary/aromatic N) is 2. The molecule has 1 rings (SSSR count). The highest BCUT2D eigenvalue weighted by atomic mass is 32.1. The molecular weight excluding hydrogens is 236 g/mol. The van der Waals surface area contributed by atoms with Crippen LogP contribution in [0.4, 0.5) is 0 Å². The van der Waals surface area contributed by atoms with E-state index in [1.807, 2.05) is 12.4 Å². The Bertz CT molecular complexity index is 353. The Hall–Kier alpha value is -0.980. The van der Waals surface area contributed by atoms with Crippen molar-refractivity contribution in [1.29, 1.82) is 0 Å². The van der Waals surface area contributed by atoms with Crippen LogP contribution in [0, 0.1) is 6.92 Å². The van der Waals surface area contributed by atoms with Crippen LogP contribution in [0.1, 0.15) is 29.8 Å². The van der Waals surface area contributed by atoms with Crippen molar-refractivity contribution in [3.8, 4) is 0 Å². The van der Waals surface area contributed by atoms with Gasteiger partial charge < -0.3 is 4.90 Å². The van der Waals surface area contributed by atoms with E-state index in [0.29, 0.717) is 6.42 Å². The van der Waals surface area contributed by atoms with Crippen molar-refractivity contribution in [2.75, 3.05) is 13.6 Å². The molecule has 0 aromatic carbocycles. The fraction of sp³-hybridized carbons (Fsp3) is 0.636. The van der Waals surface area contributed by atoms with E-state index in [9.17, 15) is 4.79 Å². The normalized spacial score (nSPS) is 10.8. The molecule has 0 radical (unpaired) electrons. The summed E-state index contributed by atoms with van der Waals surface area (Å²) in [5, 5.41) is 0. The standard InChI is InChI=1S/C11H20N4OS/c1-9-10(17-8-13-9)7-15(2)6-4-3-5-11(16)14-12/h8H,3-7,12H2,1-2H3,(H,14,16). The van der Waals surface area contributed by atoms with Crippen molar-refractivity contribution in [1.82, 2.24) is 15.3 Å². The summed E-state index contributed by atoms with van der Waals surface area (Å²) in [4.78, 5) is 18.7. The second kappa shape index (κ2) is 7.37. The molecule has 17 heavy (non-hydrogen) atoms. The summed E-state index contributed by atoms with van der Waals surface area (Å²) in [6.07, 6.45) is 2.38. The maximum absolute atomic E-state index is 10.9. The molecule has 0 aliphatic heterocycles. The van der Waals surface area contributed by atoms with Crippen LogP contribution < -0.4 is 11.3 Å². The van der Waals surface area contributed by atoms with E-state index in [1.165, 1.54) is 4.88 Å². The van der Waals surface area contributed by atoms with Gasteiger partial charge in [0.1, 0.15) is 0 Å². The molecule has 0 aliphatic carbocycles. The number of nitrogens with two attached hydrogens (primary N) is 1. The van der Waals surface area contributed by atoms with Gasteiger partial charge in [-0.05, 0) is 33.4 Å². The first-order chi connectivity index (χ1) is 8.13. The van der Waals surface area contributed by atoms with Crippen molar-refractivity contribution in [3.05, 3.63) is 16.1 Å². The van der Waals surface area contributed by atoms with E-state index in [2.05, 4.69) is 22.4 Å². The van der Waals surface area contributed by atoms with Crippen LogP contribution in [-0.2, 0) is 11.3 Å². The van der Waals surface area contributed by atoms with Gasteiger partial charge in [0.2, 0.25) is 5.91 Å². The lowest BCUT2D eigenvalue weighted by Crippen LogP contribution is -2.29. The van der Waals surface area contributed by atoms with E-state index in [4.69, 9.17) is 5.84 Å². The van der Waals surface area contributed by atoms with Crippen LogP contribution in [0.3, 0.4) is 0 Å². The van der Waals surface area contributed by atoms with Gasteiger partial charge in [0.15, 0.2) is 0 Å². The molecule has 5 nitrogen and oxygen atoms in total. The molecule has 1 amide bonds. The van der Waals surface area contributed by atoms with Crippen LogP contribution in [0.2, 0.25) is 0 Å². The first kappa shape index (κ1) is 14.1. The number of amides is 1. The summed E-state index contributed by atoms with van der Waals surface area (Å²) >= 11 is 1.69. The second-order valence-corrected chi connectivity index (χ2v) is 5.06. The molecule has 1 aromatic rings. The Morgan fingerprint density at radius 1 is 1.59 bits per heavy atom. The molecule has 1 heterocycles. The summed E-state index contributed by atoms with van der Waals surface area (Å²) in [5.41, 5.74) is 5.13. The number of hydrazine groups is 1. The molecule has 0 spiro atoms. The third kappa shape index (κ3) is 5.25. The van der Waals surface area contributed by atoms with Crippen molar-refractivity contribution in [2.24, 2.45) is 5.84 Å². The lowest BCUT2D eigenvalue weighted by molar-refractivity contribution is -0.121. The summed E-state index contributed by atoms with van der Waals surface area (Å²) in [7, 11) is 2.09. The third-order valence-electron chi connectivity index (χ3n) is 2.61. The molecule has 0 fully saturated rings. The number of carbonyl (C=O) groups excluding carboxylic acids is 1. The van der Waals surface area contributed by atoms with Gasteiger partial charge in [-0.2, -0.15) is 0 Å². The topological polar surface area (TPSA) is 71.2 Å². The zero-order valence-corrected chi connectivity index (χ0v) is 11.2. The summed E-state index contributed by atoms with van der Waals surface area (Å²) < 4.78 is 0. The highest BCUT2D eigenvalue weighted by molar-refractivity contribution is 7.09. The molecule has 0 aliphatic rings. The lowest BCUT2D eigenvalue weighted by atomic mass is 10.2. The molecule has 0 bridgehead atoms. The molecule has 1 aromatic heterocycles. The van der Waals surface area contributed by atoms with Gasteiger partial charge in [0, 0.05) is 17.8 Å². The summed E-state index contributed by atoms with van der Waals surface area (Å²) in [6, 6.07) is 0. The van der Waals surface area contributed by atoms with E-state index < -0.39 is 0 Å². The zero-order valence-electron chi connectivity index (χ0n) is 10.4. The number of carbonyl (C=O) groups is 1. The minimum absolute atomic E-state index is 0.0917. The number of aryl methyl sites for hydroxylation is 1. The Morgan fingerprint density at radius 3 is 2.94 bits per heavy atom. The molecular formula is C11H20N4OS. The monoisotopic (exact) mass is 256 g/mol. The lowest BCUT2D eigenvalue weighted by Gasteiger charge is -2.15. The highest BCUT2D eigenvalue weighted by Crippen LogP contribution is 2.14. The van der Waals surface area contributed by atoms with Gasteiger partial charge in [0.05, 0.1) is 11.2 Å². The van der Waals surface area contributed by atoms with E-state index >= 15 is 0 Å². The largest absolute Gasteiger partial charge is 0.301 e. The van der Waals surface area contributed by atoms with Crippen LogP contribution in [-0.4, -0.2) is 29.4 Å². The first-order valence-electron chi connectivity index (χ1n) is 5.70. The Morgan fingerprint density at radius 2 is 2.35 bits per heavy atom. The smallest absolute Gasteiger partial charge is 0.233 e. The van der Waals surface area contributed by atoms with Gasteiger partial charge >= 0.3 is 0 Å². The second-order valence-electron chi connectivity index (χ2n) is 4.12. The number of rotatable bonds is 7. The number of nitrogens with one attached hydrogen (secondary N) is 1. The maximum Gasteiger partial charge on any atom is 0.233 e. The molecule has 0 unspecified atom stereocenters. The predicted molar refractivity (Wildman–Crippen MR) is 69.4 cm³/mol. The minimum atomic E-state index is -0.0917. The molecule has 3 N–H and O–H groups in total. The van der Waals surface area contributed by atoms with Crippen LogP contribution >= 0.6 is 11.3 Å². The number of hydrogen-bond acceptors (Lipinski definition) is 5. The Balaban J connectivity index is 2.15. The quantitative estimate of drug-likeness (QED) is 0.331. The van der Waals surface area contributed by atoms with Crippen molar-refractivity contribution in [2.45, 2.75) is 32.7 Å². The average Bonchev–Trinajstić information content (AvgIpc) is 2.70. The fourth-order valence-corrected chi connectivity index (χ4v) is 2.40. The summed E-state index contributed by atoms with van der Waals surface area (Å²) in [5.74, 6) is 4.91. The fourth-order valence-electron chi connectivity index (χ4n) is 1.54. The Kier molecular flexibility index (Phi) is 6.10. The molecule has 6 heteroatoms. The SMILES string of the molecule is Cc1ncsc1CN(C)CCCCC(=O)NN. The highest BCUT2D eigenvalue weighted by Gasteiger charge is 2.05. The van der Waals surface area contributed by atoms with Gasteiger partial charge in [-0.3, -0.25) is 10.2 Å². The van der Waals surface area contributed by atoms with Crippen LogP contribution in [0.5, 0.6) is 0 Å². The molecule has 96 valence electrons. The van der Waals surface area contributed by atoms with Crippen LogP contribution in [0.15, 0.2) is 5.51 Å². The van der Waals surface area contributed by atoms with Crippen molar-refractivity contribution >= 4 is 17.2 Å². The number of hydrogen-bond donors (Lipinski definition) is 2. The average molecular weight is 256 g/mol. The third-order valence-corrected chi connectivity index (χ3v) is 3.53. The van der Waals surface area contributed by atoms with E-state index in [-0.39, 0.29) is 5.91 Å². The first-order valence-corrected chi connectivity index (χ1v) is 6.58. The van der Waals surface area contributed by atoms with Crippen LogP contribution in [0.25, 0.3) is 0 Å².